The highest BCUT2D eigenvalue weighted by atomic mass is 32.2. The van der Waals surface area contributed by atoms with Gasteiger partial charge in [0.2, 0.25) is 0 Å². The van der Waals surface area contributed by atoms with Gasteiger partial charge in [-0.05, 0) is 36.4 Å². The predicted octanol–water partition coefficient (Wildman–Crippen LogP) is 4.79. The van der Waals surface area contributed by atoms with Crippen molar-refractivity contribution in [1.29, 1.82) is 0 Å². The summed E-state index contributed by atoms with van der Waals surface area (Å²) in [5, 5.41) is 2.80. The van der Waals surface area contributed by atoms with Crippen LogP contribution >= 0.6 is 11.8 Å². The topological polar surface area (TPSA) is 109 Å². The Hall–Kier alpha value is -3.83. The Labute approximate surface area is 225 Å². The van der Waals surface area contributed by atoms with Crippen LogP contribution in [-0.2, 0) is 20.4 Å². The highest BCUT2D eigenvalue weighted by Gasteiger charge is 2.27. The number of nitrogens with one attached hydrogen (secondary N) is 1. The van der Waals surface area contributed by atoms with E-state index in [9.17, 15) is 13.2 Å². The fourth-order valence-corrected chi connectivity index (χ4v) is 6.30. The molecule has 3 aromatic rings. The van der Waals surface area contributed by atoms with Crippen molar-refractivity contribution in [2.24, 2.45) is 0 Å². The number of ether oxygens (including phenoxy) is 5. The Balaban J connectivity index is 1.67. The number of amides is 1. The predicted molar refractivity (Wildman–Crippen MR) is 145 cm³/mol. The van der Waals surface area contributed by atoms with Gasteiger partial charge in [0, 0.05) is 17.0 Å². The second-order valence-corrected chi connectivity index (χ2v) is 11.1. The van der Waals surface area contributed by atoms with Crippen molar-refractivity contribution in [3.8, 4) is 28.7 Å². The van der Waals surface area contributed by atoms with Gasteiger partial charge in [-0.2, -0.15) is 0 Å². The van der Waals surface area contributed by atoms with Crippen molar-refractivity contribution in [3.63, 3.8) is 0 Å². The lowest BCUT2D eigenvalue weighted by atomic mass is 10.1. The van der Waals surface area contributed by atoms with Gasteiger partial charge in [0.25, 0.3) is 5.91 Å². The average molecular weight is 558 g/mol. The molecule has 38 heavy (non-hydrogen) atoms. The SMILES string of the molecule is COc1cc(OC)c(/C=C2/Sc3ccc(S(=O)(=O)Cc4c(OC)cccc4OC)cc3NC2=O)c(OC)c1. The summed E-state index contributed by atoms with van der Waals surface area (Å²) in [4.78, 5) is 14.2. The number of rotatable bonds is 9. The Morgan fingerprint density at radius 2 is 1.42 bits per heavy atom. The molecular formula is C27H27NO8S2. The van der Waals surface area contributed by atoms with Crippen LogP contribution in [0, 0.1) is 0 Å². The zero-order valence-electron chi connectivity index (χ0n) is 21.5. The van der Waals surface area contributed by atoms with Gasteiger partial charge in [0.15, 0.2) is 9.84 Å². The third-order valence-electron chi connectivity index (χ3n) is 5.89. The van der Waals surface area contributed by atoms with E-state index in [1.807, 2.05) is 0 Å². The maximum absolute atomic E-state index is 13.3. The molecule has 0 unspecified atom stereocenters. The molecular weight excluding hydrogens is 530 g/mol. The molecule has 1 aliphatic heterocycles. The van der Waals surface area contributed by atoms with E-state index in [-0.39, 0.29) is 16.6 Å². The molecule has 1 N–H and O–H groups in total. The van der Waals surface area contributed by atoms with Crippen LogP contribution in [0.25, 0.3) is 6.08 Å². The average Bonchev–Trinajstić information content (AvgIpc) is 2.92. The van der Waals surface area contributed by atoms with Crippen molar-refractivity contribution in [2.75, 3.05) is 40.9 Å². The van der Waals surface area contributed by atoms with E-state index in [2.05, 4.69) is 5.32 Å². The first kappa shape index (κ1) is 27.2. The van der Waals surface area contributed by atoms with Gasteiger partial charge in [-0.25, -0.2) is 8.42 Å². The second kappa shape index (κ2) is 11.3. The molecule has 0 radical (unpaired) electrons. The summed E-state index contributed by atoms with van der Waals surface area (Å²) in [5.41, 5.74) is 1.39. The van der Waals surface area contributed by atoms with Crippen molar-refractivity contribution >= 4 is 39.3 Å². The number of sulfone groups is 1. The number of carbonyl (C=O) groups excluding carboxylic acids is 1. The van der Waals surface area contributed by atoms with Crippen LogP contribution < -0.4 is 29.0 Å². The highest BCUT2D eigenvalue weighted by Crippen LogP contribution is 2.43. The van der Waals surface area contributed by atoms with E-state index >= 15 is 0 Å². The van der Waals surface area contributed by atoms with Crippen LogP contribution in [-0.4, -0.2) is 49.9 Å². The van der Waals surface area contributed by atoms with E-state index in [0.717, 1.165) is 0 Å². The Morgan fingerprint density at radius 3 is 1.97 bits per heavy atom. The molecule has 1 heterocycles. The summed E-state index contributed by atoms with van der Waals surface area (Å²) < 4.78 is 53.6. The Kier molecular flexibility index (Phi) is 8.08. The minimum absolute atomic E-state index is 0.0658. The summed E-state index contributed by atoms with van der Waals surface area (Å²) in [6.07, 6.45) is 1.67. The van der Waals surface area contributed by atoms with Crippen LogP contribution in [0.15, 0.2) is 63.2 Å². The lowest BCUT2D eigenvalue weighted by molar-refractivity contribution is -0.112. The molecule has 3 aromatic carbocycles. The summed E-state index contributed by atoms with van der Waals surface area (Å²) in [6, 6.07) is 13.1. The van der Waals surface area contributed by atoms with E-state index in [0.29, 0.717) is 55.4 Å². The maximum atomic E-state index is 13.3. The van der Waals surface area contributed by atoms with Crippen molar-refractivity contribution < 1.29 is 36.9 Å². The Bertz CT molecular complexity index is 1470. The molecule has 9 nitrogen and oxygen atoms in total. The van der Waals surface area contributed by atoms with E-state index in [4.69, 9.17) is 23.7 Å². The van der Waals surface area contributed by atoms with E-state index in [1.54, 1.807) is 42.5 Å². The van der Waals surface area contributed by atoms with Crippen LogP contribution in [0.2, 0.25) is 0 Å². The summed E-state index contributed by atoms with van der Waals surface area (Å²) in [6.45, 7) is 0. The monoisotopic (exact) mass is 557 g/mol. The minimum atomic E-state index is -3.80. The standard InChI is InChI=1S/C27H27NO8S2/c1-32-16-11-23(35-4)18(24(12-16)36-5)14-26-27(29)28-20-13-17(9-10-25(20)37-26)38(30,31)15-19-21(33-2)7-6-8-22(19)34-3/h6-14H,15H2,1-5H3,(H,28,29)/b26-14+. The Morgan fingerprint density at radius 1 is 0.816 bits per heavy atom. The zero-order valence-corrected chi connectivity index (χ0v) is 23.1. The second-order valence-electron chi connectivity index (χ2n) is 8.07. The first-order valence-electron chi connectivity index (χ1n) is 11.3. The zero-order chi connectivity index (χ0) is 27.4. The maximum Gasteiger partial charge on any atom is 0.262 e. The van der Waals surface area contributed by atoms with Crippen molar-refractivity contribution in [1.82, 2.24) is 0 Å². The smallest absolute Gasteiger partial charge is 0.262 e. The number of thioether (sulfide) groups is 1. The number of benzene rings is 3. The molecule has 0 saturated heterocycles. The van der Waals surface area contributed by atoms with E-state index < -0.39 is 9.84 Å². The van der Waals surface area contributed by atoms with Gasteiger partial charge in [-0.15, -0.1) is 0 Å². The number of hydrogen-bond acceptors (Lipinski definition) is 9. The number of anilines is 1. The molecule has 1 amide bonds. The molecule has 0 saturated carbocycles. The fraction of sp³-hybridized carbons (Fsp3) is 0.222. The first-order chi connectivity index (χ1) is 18.2. The first-order valence-corrected chi connectivity index (χ1v) is 13.8. The van der Waals surface area contributed by atoms with Gasteiger partial charge in [0.05, 0.1) is 67.9 Å². The molecule has 0 aliphatic carbocycles. The molecule has 0 fully saturated rings. The normalized spacial score (nSPS) is 13.9. The molecule has 0 spiro atoms. The van der Waals surface area contributed by atoms with Crippen LogP contribution in [0.4, 0.5) is 5.69 Å². The molecule has 4 rings (SSSR count). The lowest BCUT2D eigenvalue weighted by Gasteiger charge is -2.20. The quantitative estimate of drug-likeness (QED) is 0.372. The largest absolute Gasteiger partial charge is 0.496 e. The van der Waals surface area contributed by atoms with Gasteiger partial charge in [-0.3, -0.25) is 4.79 Å². The van der Waals surface area contributed by atoms with E-state index in [1.165, 1.54) is 59.4 Å². The minimum Gasteiger partial charge on any atom is -0.496 e. The number of methoxy groups -OCH3 is 5. The number of carbonyl (C=O) groups is 1. The lowest BCUT2D eigenvalue weighted by Crippen LogP contribution is -2.18. The number of hydrogen-bond donors (Lipinski definition) is 1. The van der Waals surface area contributed by atoms with Gasteiger partial charge >= 0.3 is 0 Å². The summed E-state index contributed by atoms with van der Waals surface area (Å²) in [7, 11) is 3.71. The van der Waals surface area contributed by atoms with Gasteiger partial charge in [-0.1, -0.05) is 17.8 Å². The molecule has 11 heteroatoms. The van der Waals surface area contributed by atoms with Crippen LogP contribution in [0.1, 0.15) is 11.1 Å². The number of fused-ring (bicyclic) bond motifs is 1. The molecule has 0 aromatic heterocycles. The molecule has 1 aliphatic rings. The molecule has 200 valence electrons. The van der Waals surface area contributed by atoms with Crippen LogP contribution in [0.5, 0.6) is 28.7 Å². The van der Waals surface area contributed by atoms with Crippen LogP contribution in [0.3, 0.4) is 0 Å². The third kappa shape index (κ3) is 5.39. The summed E-state index contributed by atoms with van der Waals surface area (Å²) in [5.74, 6) is 1.60. The van der Waals surface area contributed by atoms with Gasteiger partial charge in [0.1, 0.15) is 28.7 Å². The highest BCUT2D eigenvalue weighted by molar-refractivity contribution is 8.04. The molecule has 0 bridgehead atoms. The van der Waals surface area contributed by atoms with Gasteiger partial charge < -0.3 is 29.0 Å². The fourth-order valence-electron chi connectivity index (χ4n) is 3.98. The summed E-state index contributed by atoms with van der Waals surface area (Å²) >= 11 is 1.22. The molecule has 0 atom stereocenters. The van der Waals surface area contributed by atoms with Crippen molar-refractivity contribution in [2.45, 2.75) is 15.5 Å². The van der Waals surface area contributed by atoms with Crippen molar-refractivity contribution in [3.05, 3.63) is 64.6 Å². The third-order valence-corrected chi connectivity index (χ3v) is 8.63.